The van der Waals surface area contributed by atoms with E-state index in [0.29, 0.717) is 6.42 Å². The minimum Gasteiger partial charge on any atom is -0.340 e. The van der Waals surface area contributed by atoms with Gasteiger partial charge in [0, 0.05) is 31.9 Å². The van der Waals surface area contributed by atoms with Gasteiger partial charge in [-0.3, -0.25) is 9.59 Å². The molecule has 2 aliphatic rings. The highest BCUT2D eigenvalue weighted by Crippen LogP contribution is 2.37. The maximum absolute atomic E-state index is 12.5. The molecule has 2 heterocycles. The molecule has 1 saturated heterocycles. The molecule has 0 unspecified atom stereocenters. The molecule has 0 radical (unpaired) electrons. The summed E-state index contributed by atoms with van der Waals surface area (Å²) in [6.45, 7) is 10.6. The predicted molar refractivity (Wildman–Crippen MR) is 90.5 cm³/mol. The van der Waals surface area contributed by atoms with Crippen molar-refractivity contribution in [3.05, 3.63) is 29.3 Å². The number of carbonyl (C=O) groups is 2. The van der Waals surface area contributed by atoms with Crippen LogP contribution in [0.2, 0.25) is 0 Å². The Bertz CT molecular complexity index is 631. The van der Waals surface area contributed by atoms with Gasteiger partial charge >= 0.3 is 0 Å². The molecular formula is C18H25N3O2. The first kappa shape index (κ1) is 16.0. The molecular weight excluding hydrogens is 290 g/mol. The van der Waals surface area contributed by atoms with Gasteiger partial charge in [-0.1, -0.05) is 19.1 Å². The van der Waals surface area contributed by atoms with E-state index < -0.39 is 5.41 Å². The number of hydrogen-bond acceptors (Lipinski definition) is 3. The van der Waals surface area contributed by atoms with Crippen LogP contribution < -0.4 is 5.32 Å². The van der Waals surface area contributed by atoms with Gasteiger partial charge in [0.15, 0.2) is 0 Å². The van der Waals surface area contributed by atoms with Gasteiger partial charge in [0.25, 0.3) is 0 Å². The van der Waals surface area contributed by atoms with E-state index in [1.807, 2.05) is 36.9 Å². The number of fused-ring (bicyclic) bond motifs is 1. The van der Waals surface area contributed by atoms with Gasteiger partial charge in [-0.2, -0.15) is 0 Å². The Labute approximate surface area is 137 Å². The van der Waals surface area contributed by atoms with E-state index in [4.69, 9.17) is 0 Å². The lowest BCUT2D eigenvalue weighted by molar-refractivity contribution is -0.132. The smallest absolute Gasteiger partial charge is 0.234 e. The molecule has 0 aromatic heterocycles. The van der Waals surface area contributed by atoms with Crippen LogP contribution >= 0.6 is 0 Å². The van der Waals surface area contributed by atoms with Crippen LogP contribution in [0.5, 0.6) is 0 Å². The van der Waals surface area contributed by atoms with Gasteiger partial charge in [-0.25, -0.2) is 0 Å². The van der Waals surface area contributed by atoms with Crippen molar-refractivity contribution in [3.8, 4) is 0 Å². The first-order valence-corrected chi connectivity index (χ1v) is 8.37. The van der Waals surface area contributed by atoms with Crippen LogP contribution in [0.25, 0.3) is 0 Å². The molecule has 3 rings (SSSR count). The average Bonchev–Trinajstić information content (AvgIpc) is 2.77. The number of piperazine rings is 1. The summed E-state index contributed by atoms with van der Waals surface area (Å²) < 4.78 is 0. The van der Waals surface area contributed by atoms with Gasteiger partial charge in [0.2, 0.25) is 11.8 Å². The van der Waals surface area contributed by atoms with Gasteiger partial charge < -0.3 is 15.1 Å². The second-order valence-electron chi connectivity index (χ2n) is 6.95. The molecule has 0 spiro atoms. The van der Waals surface area contributed by atoms with Crippen molar-refractivity contribution in [3.63, 3.8) is 0 Å². The molecule has 0 atom stereocenters. The van der Waals surface area contributed by atoms with Crippen LogP contribution in [0.15, 0.2) is 18.2 Å². The number of rotatable bonds is 3. The van der Waals surface area contributed by atoms with Crippen molar-refractivity contribution in [2.75, 3.05) is 38.0 Å². The lowest BCUT2D eigenvalue weighted by Gasteiger charge is -2.34. The summed E-state index contributed by atoms with van der Waals surface area (Å²) in [4.78, 5) is 28.8. The summed E-state index contributed by atoms with van der Waals surface area (Å²) >= 11 is 0. The summed E-state index contributed by atoms with van der Waals surface area (Å²) in [5.74, 6) is 0.197. The zero-order valence-corrected chi connectivity index (χ0v) is 14.2. The number of nitrogens with zero attached hydrogens (tertiary/aromatic N) is 2. The van der Waals surface area contributed by atoms with E-state index in [2.05, 4.69) is 17.1 Å². The van der Waals surface area contributed by atoms with Crippen LogP contribution in [0.1, 0.15) is 31.9 Å². The highest BCUT2D eigenvalue weighted by molar-refractivity contribution is 6.05. The molecule has 2 aliphatic heterocycles. The van der Waals surface area contributed by atoms with Crippen LogP contribution in [-0.2, 0) is 21.4 Å². The van der Waals surface area contributed by atoms with Gasteiger partial charge in [-0.05, 0) is 37.6 Å². The maximum atomic E-state index is 12.5. The SMILES string of the molecule is CCN1CCN(C(=O)Cc2ccc3c(c2)C(C)(C)C(=O)N3)CC1. The minimum absolute atomic E-state index is 0.0201. The molecule has 0 bridgehead atoms. The van der Waals surface area contributed by atoms with Crippen molar-refractivity contribution in [2.24, 2.45) is 0 Å². The average molecular weight is 315 g/mol. The summed E-state index contributed by atoms with van der Waals surface area (Å²) in [7, 11) is 0. The number of benzene rings is 1. The number of carbonyl (C=O) groups excluding carboxylic acids is 2. The molecule has 5 nitrogen and oxygen atoms in total. The van der Waals surface area contributed by atoms with Crippen LogP contribution in [0.4, 0.5) is 5.69 Å². The summed E-state index contributed by atoms with van der Waals surface area (Å²) in [5, 5.41) is 2.90. The van der Waals surface area contributed by atoms with Gasteiger partial charge in [0.05, 0.1) is 11.8 Å². The van der Waals surface area contributed by atoms with E-state index in [1.165, 1.54) is 0 Å². The Hall–Kier alpha value is -1.88. The molecule has 1 fully saturated rings. The number of hydrogen-bond donors (Lipinski definition) is 1. The maximum Gasteiger partial charge on any atom is 0.234 e. The lowest BCUT2D eigenvalue weighted by atomic mass is 9.85. The topological polar surface area (TPSA) is 52.7 Å². The van der Waals surface area contributed by atoms with E-state index in [-0.39, 0.29) is 11.8 Å². The van der Waals surface area contributed by atoms with Crippen LogP contribution in [0.3, 0.4) is 0 Å². The number of amides is 2. The summed E-state index contributed by atoms with van der Waals surface area (Å²) in [5.41, 5.74) is 2.31. The third kappa shape index (κ3) is 2.98. The Balaban J connectivity index is 1.69. The Morgan fingerprint density at radius 1 is 1.22 bits per heavy atom. The van der Waals surface area contributed by atoms with Crippen molar-refractivity contribution in [1.82, 2.24) is 9.80 Å². The van der Waals surface area contributed by atoms with Crippen LogP contribution in [0, 0.1) is 0 Å². The fraction of sp³-hybridized carbons (Fsp3) is 0.556. The largest absolute Gasteiger partial charge is 0.340 e. The predicted octanol–water partition coefficient (Wildman–Crippen LogP) is 1.62. The molecule has 1 aromatic rings. The lowest BCUT2D eigenvalue weighted by Crippen LogP contribution is -2.48. The summed E-state index contributed by atoms with van der Waals surface area (Å²) in [6.07, 6.45) is 0.406. The Morgan fingerprint density at radius 2 is 1.91 bits per heavy atom. The number of likely N-dealkylation sites (N-methyl/N-ethyl adjacent to an activating group) is 1. The first-order valence-electron chi connectivity index (χ1n) is 8.37. The zero-order valence-electron chi connectivity index (χ0n) is 14.2. The molecule has 2 amide bonds. The van der Waals surface area contributed by atoms with Crippen molar-refractivity contribution >= 4 is 17.5 Å². The fourth-order valence-corrected chi connectivity index (χ4v) is 3.33. The molecule has 5 heteroatoms. The molecule has 0 saturated carbocycles. The normalized spacial score (nSPS) is 20.3. The highest BCUT2D eigenvalue weighted by atomic mass is 16.2. The zero-order chi connectivity index (χ0) is 16.6. The van der Waals surface area contributed by atoms with Gasteiger partial charge in [-0.15, -0.1) is 0 Å². The highest BCUT2D eigenvalue weighted by Gasteiger charge is 2.38. The van der Waals surface area contributed by atoms with E-state index in [0.717, 1.165) is 49.5 Å². The quantitative estimate of drug-likeness (QED) is 0.922. The number of anilines is 1. The molecule has 124 valence electrons. The van der Waals surface area contributed by atoms with Crippen LogP contribution in [-0.4, -0.2) is 54.3 Å². The Morgan fingerprint density at radius 3 is 2.57 bits per heavy atom. The summed E-state index contributed by atoms with van der Waals surface area (Å²) in [6, 6.07) is 5.87. The molecule has 0 aliphatic carbocycles. The van der Waals surface area contributed by atoms with Gasteiger partial charge in [0.1, 0.15) is 0 Å². The first-order chi connectivity index (χ1) is 10.9. The number of nitrogens with one attached hydrogen (secondary N) is 1. The van der Waals surface area contributed by atoms with Crippen molar-refractivity contribution in [2.45, 2.75) is 32.6 Å². The van der Waals surface area contributed by atoms with E-state index in [9.17, 15) is 9.59 Å². The van der Waals surface area contributed by atoms with E-state index >= 15 is 0 Å². The molecule has 1 N–H and O–H groups in total. The van der Waals surface area contributed by atoms with Crippen molar-refractivity contribution in [1.29, 1.82) is 0 Å². The molecule has 23 heavy (non-hydrogen) atoms. The minimum atomic E-state index is -0.527. The fourth-order valence-electron chi connectivity index (χ4n) is 3.33. The standard InChI is InChI=1S/C18H25N3O2/c1-4-20-7-9-21(10-8-20)16(22)12-13-5-6-15-14(11-13)18(2,3)17(23)19-15/h5-6,11H,4,7-10,12H2,1-3H3,(H,19,23). The second-order valence-corrected chi connectivity index (χ2v) is 6.95. The Kier molecular flexibility index (Phi) is 4.15. The third-order valence-electron chi connectivity index (χ3n) is 5.10. The third-order valence-corrected chi connectivity index (χ3v) is 5.10. The van der Waals surface area contributed by atoms with Crippen molar-refractivity contribution < 1.29 is 9.59 Å². The monoisotopic (exact) mass is 315 g/mol. The second kappa shape index (κ2) is 5.96. The molecule has 1 aromatic carbocycles. The van der Waals surface area contributed by atoms with E-state index in [1.54, 1.807) is 0 Å².